The Morgan fingerprint density at radius 2 is 1.63 bits per heavy atom. The number of nitrogens with zero attached hydrogens (tertiary/aromatic N) is 2. The van der Waals surface area contributed by atoms with E-state index in [9.17, 15) is 18.0 Å². The van der Waals surface area contributed by atoms with Crippen molar-refractivity contribution >= 4 is 27.6 Å². The van der Waals surface area contributed by atoms with Crippen LogP contribution in [0.4, 0.5) is 10.5 Å². The van der Waals surface area contributed by atoms with Gasteiger partial charge in [-0.1, -0.05) is 31.0 Å². The molecule has 3 N–H and O–H groups in total. The summed E-state index contributed by atoms with van der Waals surface area (Å²) in [6.45, 7) is 3.13. The number of rotatable bonds is 6. The first-order valence-electron chi connectivity index (χ1n) is 13.1. The molecule has 1 saturated heterocycles. The minimum absolute atomic E-state index is 0.0727. The van der Waals surface area contributed by atoms with E-state index in [0.29, 0.717) is 48.7 Å². The fourth-order valence-corrected chi connectivity index (χ4v) is 6.20. The Balaban J connectivity index is 1.36. The van der Waals surface area contributed by atoms with Crippen LogP contribution in [-0.4, -0.2) is 56.7 Å². The number of nitriles is 1. The molecule has 0 spiro atoms. The molecule has 10 heteroatoms. The lowest BCUT2D eigenvalue weighted by Crippen LogP contribution is -2.53. The quantitative estimate of drug-likeness (QED) is 0.515. The lowest BCUT2D eigenvalue weighted by atomic mass is 9.89. The van der Waals surface area contributed by atoms with Gasteiger partial charge in [-0.05, 0) is 73.9 Å². The molecular weight excluding hydrogens is 502 g/mol. The molecule has 2 fully saturated rings. The Morgan fingerprint density at radius 1 is 0.974 bits per heavy atom. The van der Waals surface area contributed by atoms with Crippen LogP contribution in [0.1, 0.15) is 71.5 Å². The molecule has 1 aliphatic carbocycles. The van der Waals surface area contributed by atoms with Crippen LogP contribution in [0.25, 0.3) is 0 Å². The average molecular weight is 538 g/mol. The van der Waals surface area contributed by atoms with E-state index in [-0.39, 0.29) is 18.0 Å². The summed E-state index contributed by atoms with van der Waals surface area (Å²) in [5.41, 5.74) is 3.71. The van der Waals surface area contributed by atoms with Crippen molar-refractivity contribution in [2.45, 2.75) is 63.5 Å². The van der Waals surface area contributed by atoms with E-state index in [1.54, 1.807) is 12.1 Å². The molecule has 1 saturated carbocycles. The van der Waals surface area contributed by atoms with E-state index in [4.69, 9.17) is 5.26 Å². The number of likely N-dealkylation sites (tertiary alicyclic amines) is 1. The highest BCUT2D eigenvalue weighted by molar-refractivity contribution is 7.88. The van der Waals surface area contributed by atoms with Gasteiger partial charge in [0.1, 0.15) is 0 Å². The molecule has 202 valence electrons. The first-order valence-corrected chi connectivity index (χ1v) is 15.0. The first kappa shape index (κ1) is 27.6. The number of hydrogen-bond acceptors (Lipinski definition) is 5. The molecule has 0 unspecified atom stereocenters. The zero-order valence-electron chi connectivity index (χ0n) is 21.9. The summed E-state index contributed by atoms with van der Waals surface area (Å²) in [5, 5.41) is 14.8. The van der Waals surface area contributed by atoms with Gasteiger partial charge >= 0.3 is 6.03 Å². The summed E-state index contributed by atoms with van der Waals surface area (Å²) in [4.78, 5) is 27.9. The van der Waals surface area contributed by atoms with Gasteiger partial charge in [0.15, 0.2) is 0 Å². The van der Waals surface area contributed by atoms with Gasteiger partial charge in [-0.2, -0.15) is 5.26 Å². The molecule has 4 rings (SSSR count). The molecular formula is C28H35N5O4S. The van der Waals surface area contributed by atoms with E-state index >= 15 is 0 Å². The second-order valence-corrected chi connectivity index (χ2v) is 12.1. The van der Waals surface area contributed by atoms with E-state index in [0.717, 1.165) is 37.5 Å². The number of piperidine rings is 1. The molecule has 9 nitrogen and oxygen atoms in total. The summed E-state index contributed by atoms with van der Waals surface area (Å²) < 4.78 is 26.1. The number of carbonyl (C=O) groups is 2. The number of aryl methyl sites for hydroxylation is 1. The highest BCUT2D eigenvalue weighted by atomic mass is 32.2. The molecule has 1 heterocycles. The molecule has 2 atom stereocenters. The van der Waals surface area contributed by atoms with Gasteiger partial charge in [0, 0.05) is 36.4 Å². The number of nitrogens with one attached hydrogen (secondary N) is 3. The van der Waals surface area contributed by atoms with Crippen LogP contribution >= 0.6 is 0 Å². The van der Waals surface area contributed by atoms with Crippen LogP contribution in [0.5, 0.6) is 0 Å². The third-order valence-corrected chi connectivity index (χ3v) is 8.20. The SMILES string of the molecule is Cc1ccc(C(=O)N2CCC(c3ccc(C#N)cc3)CC2)cc1NC(=O)N[C@H]1CCCC[C@H]1NS(C)(=O)=O. The summed E-state index contributed by atoms with van der Waals surface area (Å²) >= 11 is 0. The van der Waals surface area contributed by atoms with Crippen molar-refractivity contribution in [3.05, 3.63) is 64.7 Å². The number of hydrogen-bond donors (Lipinski definition) is 3. The van der Waals surface area contributed by atoms with Gasteiger partial charge in [-0.25, -0.2) is 17.9 Å². The van der Waals surface area contributed by atoms with Gasteiger partial charge in [0.05, 0.1) is 17.9 Å². The van der Waals surface area contributed by atoms with Crippen molar-refractivity contribution in [3.8, 4) is 6.07 Å². The van der Waals surface area contributed by atoms with E-state index in [1.165, 1.54) is 5.56 Å². The highest BCUT2D eigenvalue weighted by Crippen LogP contribution is 2.29. The highest BCUT2D eigenvalue weighted by Gasteiger charge is 2.29. The normalized spacial score (nSPS) is 20.4. The fourth-order valence-electron chi connectivity index (χ4n) is 5.36. The van der Waals surface area contributed by atoms with Crippen molar-refractivity contribution < 1.29 is 18.0 Å². The lowest BCUT2D eigenvalue weighted by molar-refractivity contribution is 0.0713. The Bertz CT molecular complexity index is 1310. The lowest BCUT2D eigenvalue weighted by Gasteiger charge is -2.33. The summed E-state index contributed by atoms with van der Waals surface area (Å²) in [6, 6.07) is 14.0. The number of urea groups is 1. The largest absolute Gasteiger partial charge is 0.339 e. The number of anilines is 1. The molecule has 2 aliphatic rings. The van der Waals surface area contributed by atoms with Crippen LogP contribution in [0.15, 0.2) is 42.5 Å². The Hall–Kier alpha value is -3.42. The molecule has 0 aromatic heterocycles. The topological polar surface area (TPSA) is 131 Å². The van der Waals surface area contributed by atoms with Gasteiger partial charge in [-0.15, -0.1) is 0 Å². The molecule has 0 bridgehead atoms. The zero-order valence-corrected chi connectivity index (χ0v) is 22.7. The maximum atomic E-state index is 13.3. The molecule has 2 aromatic carbocycles. The second-order valence-electron chi connectivity index (χ2n) is 10.3. The Morgan fingerprint density at radius 3 is 2.26 bits per heavy atom. The third-order valence-electron chi connectivity index (χ3n) is 7.47. The number of sulfonamides is 1. The zero-order chi connectivity index (χ0) is 27.3. The van der Waals surface area contributed by atoms with Crippen LogP contribution in [0.2, 0.25) is 0 Å². The molecule has 38 heavy (non-hydrogen) atoms. The summed E-state index contributed by atoms with van der Waals surface area (Å²) in [7, 11) is -3.38. The van der Waals surface area contributed by atoms with Gasteiger partial charge in [0.25, 0.3) is 5.91 Å². The van der Waals surface area contributed by atoms with Crippen molar-refractivity contribution in [1.29, 1.82) is 5.26 Å². The number of amides is 3. The van der Waals surface area contributed by atoms with E-state index < -0.39 is 16.1 Å². The standard InChI is InChI=1S/C28H35N5O4S/c1-19-7-10-23(27(34)33-15-13-22(14-16-33)21-11-8-20(18-29)9-12-21)17-26(19)31-28(35)30-24-5-3-4-6-25(24)32-38(2,36)37/h7-12,17,22,24-25,32H,3-6,13-16H2,1-2H3,(H2,30,31,35)/t24-,25+/m0/s1. The van der Waals surface area contributed by atoms with Crippen molar-refractivity contribution in [1.82, 2.24) is 14.9 Å². The monoisotopic (exact) mass is 537 g/mol. The molecule has 3 amide bonds. The number of carbonyl (C=O) groups excluding carboxylic acids is 2. The minimum atomic E-state index is -3.38. The third kappa shape index (κ3) is 7.11. The Kier molecular flexibility index (Phi) is 8.69. The smallest absolute Gasteiger partial charge is 0.319 e. The molecule has 2 aromatic rings. The predicted octanol–water partition coefficient (Wildman–Crippen LogP) is 3.87. The minimum Gasteiger partial charge on any atom is -0.339 e. The summed E-state index contributed by atoms with van der Waals surface area (Å²) in [6.07, 6.45) is 6.00. The van der Waals surface area contributed by atoms with Crippen LogP contribution < -0.4 is 15.4 Å². The van der Waals surface area contributed by atoms with Crippen LogP contribution in [0, 0.1) is 18.3 Å². The maximum absolute atomic E-state index is 13.3. The van der Waals surface area contributed by atoms with E-state index in [1.807, 2.05) is 42.2 Å². The van der Waals surface area contributed by atoms with E-state index in [2.05, 4.69) is 21.4 Å². The van der Waals surface area contributed by atoms with Crippen molar-refractivity contribution in [2.75, 3.05) is 24.7 Å². The van der Waals surface area contributed by atoms with Gasteiger partial charge in [-0.3, -0.25) is 4.79 Å². The fraction of sp³-hybridized carbons (Fsp3) is 0.464. The van der Waals surface area contributed by atoms with Crippen molar-refractivity contribution in [2.24, 2.45) is 0 Å². The average Bonchev–Trinajstić information content (AvgIpc) is 2.90. The number of benzene rings is 2. The van der Waals surface area contributed by atoms with Crippen LogP contribution in [0.3, 0.4) is 0 Å². The molecule has 0 radical (unpaired) electrons. The summed E-state index contributed by atoms with van der Waals surface area (Å²) in [5.74, 6) is 0.281. The van der Waals surface area contributed by atoms with Gasteiger partial charge in [0.2, 0.25) is 10.0 Å². The Labute approximate surface area is 224 Å². The van der Waals surface area contributed by atoms with Crippen LogP contribution in [-0.2, 0) is 10.0 Å². The van der Waals surface area contributed by atoms with Crippen molar-refractivity contribution in [3.63, 3.8) is 0 Å². The molecule has 1 aliphatic heterocycles. The first-order chi connectivity index (χ1) is 18.1. The second kappa shape index (κ2) is 12.0. The van der Waals surface area contributed by atoms with Gasteiger partial charge < -0.3 is 15.5 Å². The maximum Gasteiger partial charge on any atom is 0.319 e. The predicted molar refractivity (Wildman–Crippen MR) is 146 cm³/mol.